The van der Waals surface area contributed by atoms with Crippen molar-refractivity contribution in [3.05, 3.63) is 0 Å². The first-order valence-electron chi connectivity index (χ1n) is 4.22. The van der Waals surface area contributed by atoms with E-state index < -0.39 is 6.17 Å². The van der Waals surface area contributed by atoms with Gasteiger partial charge in [0, 0.05) is 18.4 Å². The van der Waals surface area contributed by atoms with Gasteiger partial charge in [-0.15, -0.1) is 0 Å². The van der Waals surface area contributed by atoms with Gasteiger partial charge in [0.25, 0.3) is 0 Å². The Kier molecular flexibility index (Phi) is 3.98. The molecule has 12 heavy (non-hydrogen) atoms. The van der Waals surface area contributed by atoms with Gasteiger partial charge < -0.3 is 4.90 Å². The minimum Gasteiger partial charge on any atom is -0.343 e. The Labute approximate surface area is 80.2 Å². The van der Waals surface area contributed by atoms with Crippen molar-refractivity contribution in [2.75, 3.05) is 18.4 Å². The third kappa shape index (κ3) is 2.73. The molecule has 1 saturated heterocycles. The number of rotatable bonds is 3. The summed E-state index contributed by atoms with van der Waals surface area (Å²) in [7, 11) is 0. The number of hydrogen-bond acceptors (Lipinski definition) is 1. The van der Waals surface area contributed by atoms with E-state index in [0.29, 0.717) is 0 Å². The normalized spacial score (nSPS) is 19.7. The molecule has 1 aliphatic heterocycles. The number of carbonyl (C=O) groups is 1. The minimum absolute atomic E-state index is 0.0330. The second kappa shape index (κ2) is 4.80. The van der Waals surface area contributed by atoms with Crippen LogP contribution in [0.1, 0.15) is 19.3 Å². The van der Waals surface area contributed by atoms with Crippen LogP contribution < -0.4 is 0 Å². The van der Waals surface area contributed by atoms with E-state index in [1.807, 2.05) is 0 Å². The van der Waals surface area contributed by atoms with Crippen LogP contribution in [-0.4, -0.2) is 35.4 Å². The lowest BCUT2D eigenvalue weighted by Gasteiger charge is -2.15. The highest BCUT2D eigenvalue weighted by Crippen LogP contribution is 2.11. The minimum atomic E-state index is -1.03. The number of likely N-dealkylation sites (tertiary alicyclic amines) is 1. The molecule has 0 aromatic rings. The molecule has 1 aliphatic rings. The quantitative estimate of drug-likeness (QED) is 0.685. The van der Waals surface area contributed by atoms with E-state index >= 15 is 0 Å². The van der Waals surface area contributed by atoms with Gasteiger partial charge in [-0.2, -0.15) is 0 Å². The van der Waals surface area contributed by atoms with Crippen LogP contribution in [0.4, 0.5) is 4.39 Å². The van der Waals surface area contributed by atoms with E-state index in [9.17, 15) is 9.18 Å². The molecule has 2 nitrogen and oxygen atoms in total. The number of nitrogens with zero attached hydrogens (tertiary/aromatic N) is 1. The van der Waals surface area contributed by atoms with Gasteiger partial charge in [-0.1, -0.05) is 15.9 Å². The molecule has 0 radical (unpaired) electrons. The molecule has 0 bridgehead atoms. The summed E-state index contributed by atoms with van der Waals surface area (Å²) in [6, 6.07) is 0. The lowest BCUT2D eigenvalue weighted by Crippen LogP contribution is -2.30. The molecule has 1 atom stereocenters. The van der Waals surface area contributed by atoms with E-state index in [-0.39, 0.29) is 17.7 Å². The van der Waals surface area contributed by atoms with Crippen molar-refractivity contribution in [3.63, 3.8) is 0 Å². The van der Waals surface area contributed by atoms with Gasteiger partial charge in [0.2, 0.25) is 5.91 Å². The Morgan fingerprint density at radius 2 is 2.08 bits per heavy atom. The summed E-state index contributed by atoms with van der Waals surface area (Å²) in [5, 5.41) is 0.257. The Morgan fingerprint density at radius 1 is 1.50 bits per heavy atom. The predicted octanol–water partition coefficient (Wildman–Crippen LogP) is 1.73. The average molecular weight is 238 g/mol. The van der Waals surface area contributed by atoms with Crippen LogP contribution >= 0.6 is 15.9 Å². The first-order valence-corrected chi connectivity index (χ1v) is 5.34. The van der Waals surface area contributed by atoms with E-state index in [1.54, 1.807) is 4.90 Å². The van der Waals surface area contributed by atoms with Gasteiger partial charge in [-0.3, -0.25) is 4.79 Å². The number of alkyl halides is 2. The average Bonchev–Trinajstić information content (AvgIpc) is 2.56. The maximum Gasteiger partial charge on any atom is 0.225 e. The summed E-state index contributed by atoms with van der Waals surface area (Å²) >= 11 is 3.01. The fourth-order valence-corrected chi connectivity index (χ4v) is 1.57. The maximum atomic E-state index is 12.7. The Hall–Kier alpha value is -0.120. The van der Waals surface area contributed by atoms with E-state index in [4.69, 9.17) is 0 Å². The summed E-state index contributed by atoms with van der Waals surface area (Å²) in [5.41, 5.74) is 0. The van der Waals surface area contributed by atoms with E-state index in [2.05, 4.69) is 15.9 Å². The zero-order chi connectivity index (χ0) is 8.97. The summed E-state index contributed by atoms with van der Waals surface area (Å²) in [5.74, 6) is -0.0422. The summed E-state index contributed by atoms with van der Waals surface area (Å²) < 4.78 is 12.7. The van der Waals surface area contributed by atoms with Crippen molar-refractivity contribution in [3.8, 4) is 0 Å². The van der Waals surface area contributed by atoms with Crippen molar-refractivity contribution in [2.24, 2.45) is 0 Å². The number of amides is 1. The van der Waals surface area contributed by atoms with Gasteiger partial charge in [0.15, 0.2) is 0 Å². The first kappa shape index (κ1) is 9.96. The molecule has 1 amide bonds. The second-order valence-corrected chi connectivity index (χ2v) is 3.69. The molecular weight excluding hydrogens is 225 g/mol. The van der Waals surface area contributed by atoms with Crippen LogP contribution in [0.3, 0.4) is 0 Å². The highest BCUT2D eigenvalue weighted by molar-refractivity contribution is 9.09. The molecule has 70 valence electrons. The second-order valence-electron chi connectivity index (χ2n) is 3.04. The third-order valence-electron chi connectivity index (χ3n) is 2.02. The number of carbonyl (C=O) groups excluding carboxylic acids is 1. The molecule has 0 spiro atoms. The van der Waals surface area contributed by atoms with Gasteiger partial charge >= 0.3 is 0 Å². The maximum absolute atomic E-state index is 12.7. The molecule has 0 saturated carbocycles. The third-order valence-corrected chi connectivity index (χ3v) is 2.72. The van der Waals surface area contributed by atoms with E-state index in [1.165, 1.54) is 0 Å². The Bertz CT molecular complexity index is 159. The van der Waals surface area contributed by atoms with Crippen LogP contribution in [0.2, 0.25) is 0 Å². The molecular formula is C8H13BrFNO. The van der Waals surface area contributed by atoms with Crippen LogP contribution in [-0.2, 0) is 4.79 Å². The Morgan fingerprint density at radius 3 is 2.58 bits per heavy atom. The molecule has 0 aliphatic carbocycles. The van der Waals surface area contributed by atoms with Crippen molar-refractivity contribution in [1.29, 1.82) is 0 Å². The van der Waals surface area contributed by atoms with Crippen LogP contribution in [0.25, 0.3) is 0 Å². The van der Waals surface area contributed by atoms with Crippen LogP contribution in [0.15, 0.2) is 0 Å². The molecule has 1 fully saturated rings. The fourth-order valence-electron chi connectivity index (χ4n) is 1.34. The molecule has 0 unspecified atom stereocenters. The summed E-state index contributed by atoms with van der Waals surface area (Å²) in [6.07, 6.45) is 1.14. The fraction of sp³-hybridized carbons (Fsp3) is 0.875. The smallest absolute Gasteiger partial charge is 0.225 e. The molecule has 0 aromatic heterocycles. The van der Waals surface area contributed by atoms with Crippen molar-refractivity contribution in [2.45, 2.75) is 25.4 Å². The van der Waals surface area contributed by atoms with Crippen molar-refractivity contribution >= 4 is 21.8 Å². The highest BCUT2D eigenvalue weighted by atomic mass is 79.9. The van der Waals surface area contributed by atoms with Crippen LogP contribution in [0.5, 0.6) is 0 Å². The van der Waals surface area contributed by atoms with Gasteiger partial charge in [0.1, 0.15) is 6.17 Å². The molecule has 4 heteroatoms. The molecule has 1 heterocycles. The van der Waals surface area contributed by atoms with Gasteiger partial charge in [-0.05, 0) is 12.8 Å². The van der Waals surface area contributed by atoms with Gasteiger partial charge in [-0.25, -0.2) is 4.39 Å². The lowest BCUT2D eigenvalue weighted by molar-refractivity contribution is -0.131. The topological polar surface area (TPSA) is 20.3 Å². The SMILES string of the molecule is O=C(C[C@H](F)CBr)N1CCCC1. The number of hydrogen-bond donors (Lipinski definition) is 0. The van der Waals surface area contributed by atoms with Crippen LogP contribution in [0, 0.1) is 0 Å². The molecule has 0 aromatic carbocycles. The predicted molar refractivity (Wildman–Crippen MR) is 49.1 cm³/mol. The van der Waals surface area contributed by atoms with Gasteiger partial charge in [0.05, 0.1) is 6.42 Å². The monoisotopic (exact) mass is 237 g/mol. The zero-order valence-corrected chi connectivity index (χ0v) is 8.52. The summed E-state index contributed by atoms with van der Waals surface area (Å²) in [4.78, 5) is 13.0. The van der Waals surface area contributed by atoms with E-state index in [0.717, 1.165) is 25.9 Å². The standard InChI is InChI=1S/C8H13BrFNO/c9-6-7(10)5-8(12)11-3-1-2-4-11/h7H,1-6H2/t7-/m0/s1. The first-order chi connectivity index (χ1) is 5.74. The molecule has 1 rings (SSSR count). The lowest BCUT2D eigenvalue weighted by atomic mass is 10.3. The largest absolute Gasteiger partial charge is 0.343 e. The van der Waals surface area contributed by atoms with Crippen molar-refractivity contribution in [1.82, 2.24) is 4.90 Å². The highest BCUT2D eigenvalue weighted by Gasteiger charge is 2.20. The molecule has 0 N–H and O–H groups in total. The zero-order valence-electron chi connectivity index (χ0n) is 6.93. The Balaban J connectivity index is 2.27. The van der Waals surface area contributed by atoms with Crippen molar-refractivity contribution < 1.29 is 9.18 Å². The number of halogens is 2. The summed E-state index contributed by atoms with van der Waals surface area (Å²) in [6.45, 7) is 1.63.